The molecule has 1 aromatic heterocycles. The number of thioether (sulfide) groups is 1. The number of imidazole rings is 1. The summed E-state index contributed by atoms with van der Waals surface area (Å²) >= 11 is 1.68. The highest BCUT2D eigenvalue weighted by molar-refractivity contribution is 8.01. The second kappa shape index (κ2) is 8.57. The van der Waals surface area contributed by atoms with E-state index in [0.29, 0.717) is 0 Å². The van der Waals surface area contributed by atoms with E-state index < -0.39 is 0 Å². The Balaban J connectivity index is 2.23. The van der Waals surface area contributed by atoms with Crippen molar-refractivity contribution in [3.8, 4) is 5.75 Å². The van der Waals surface area contributed by atoms with Crippen LogP contribution in [0, 0.1) is 0 Å². The van der Waals surface area contributed by atoms with Crippen LogP contribution in [0.3, 0.4) is 0 Å². The first kappa shape index (κ1) is 15.7. The van der Waals surface area contributed by atoms with Gasteiger partial charge in [-0.25, -0.2) is 4.98 Å². The number of para-hydroxylation sites is 1. The van der Waals surface area contributed by atoms with E-state index in [2.05, 4.69) is 29.6 Å². The molecular formula is C17H22N2OS. The Hall–Kier alpha value is -1.68. The molecule has 0 unspecified atom stereocenters. The van der Waals surface area contributed by atoms with Crippen molar-refractivity contribution in [2.75, 3.05) is 12.9 Å². The summed E-state index contributed by atoms with van der Waals surface area (Å²) < 4.78 is 8.00. The molecule has 0 radical (unpaired) electrons. The van der Waals surface area contributed by atoms with Gasteiger partial charge < -0.3 is 9.30 Å². The normalized spacial score (nSPS) is 11.6. The molecule has 1 heterocycles. The lowest BCUT2D eigenvalue weighted by molar-refractivity contribution is 0.305. The summed E-state index contributed by atoms with van der Waals surface area (Å²) in [4.78, 5) is 4.14. The molecule has 0 bridgehead atoms. The van der Waals surface area contributed by atoms with Crippen molar-refractivity contribution in [3.05, 3.63) is 54.0 Å². The predicted molar refractivity (Wildman–Crippen MR) is 90.6 cm³/mol. The first-order valence-electron chi connectivity index (χ1n) is 7.30. The van der Waals surface area contributed by atoms with Gasteiger partial charge >= 0.3 is 0 Å². The number of ether oxygens (including phenoxy) is 1. The lowest BCUT2D eigenvalue weighted by Crippen LogP contribution is -2.03. The fraction of sp³-hybridized carbons (Fsp3) is 0.353. The summed E-state index contributed by atoms with van der Waals surface area (Å²) in [5.74, 6) is 0.933. The van der Waals surface area contributed by atoms with Crippen LogP contribution in [0.15, 0.2) is 48.4 Å². The lowest BCUT2D eigenvalue weighted by atomic mass is 10.1. The van der Waals surface area contributed by atoms with Gasteiger partial charge in [0.25, 0.3) is 0 Å². The molecule has 112 valence electrons. The summed E-state index contributed by atoms with van der Waals surface area (Å²) in [6, 6.07) is 8.19. The monoisotopic (exact) mass is 302 g/mol. The molecule has 1 aromatic carbocycles. The molecule has 0 aliphatic heterocycles. The highest BCUT2D eigenvalue weighted by Gasteiger charge is 2.10. The SMILES string of the molecule is CCCCCOc1ccccc1/C(=C/SC)n1ccnc1. The van der Waals surface area contributed by atoms with Crippen molar-refractivity contribution in [1.82, 2.24) is 9.55 Å². The number of aromatic nitrogens is 2. The molecule has 21 heavy (non-hydrogen) atoms. The van der Waals surface area contributed by atoms with Gasteiger partial charge in [-0.15, -0.1) is 11.8 Å². The summed E-state index contributed by atoms with van der Waals surface area (Å²) in [7, 11) is 0. The minimum Gasteiger partial charge on any atom is -0.493 e. The summed E-state index contributed by atoms with van der Waals surface area (Å²) in [6.07, 6.45) is 11.1. The van der Waals surface area contributed by atoms with E-state index in [1.807, 2.05) is 35.3 Å². The fourth-order valence-corrected chi connectivity index (χ4v) is 2.59. The third-order valence-electron chi connectivity index (χ3n) is 3.18. The summed E-state index contributed by atoms with van der Waals surface area (Å²) in [5.41, 5.74) is 2.19. The molecule has 0 N–H and O–H groups in total. The molecule has 0 aliphatic carbocycles. The predicted octanol–water partition coefficient (Wildman–Crippen LogP) is 4.66. The molecule has 0 spiro atoms. The summed E-state index contributed by atoms with van der Waals surface area (Å²) in [5, 5.41) is 2.12. The first-order chi connectivity index (χ1) is 10.4. The van der Waals surface area contributed by atoms with E-state index in [-0.39, 0.29) is 0 Å². The van der Waals surface area contributed by atoms with E-state index in [9.17, 15) is 0 Å². The fourth-order valence-electron chi connectivity index (χ4n) is 2.11. The van der Waals surface area contributed by atoms with Crippen molar-refractivity contribution in [2.24, 2.45) is 0 Å². The van der Waals surface area contributed by atoms with Crippen molar-refractivity contribution < 1.29 is 4.74 Å². The molecule has 3 nitrogen and oxygen atoms in total. The van der Waals surface area contributed by atoms with Gasteiger partial charge in [-0.05, 0) is 30.2 Å². The van der Waals surface area contributed by atoms with Gasteiger partial charge in [0.1, 0.15) is 5.75 Å². The van der Waals surface area contributed by atoms with Gasteiger partial charge in [-0.3, -0.25) is 0 Å². The van der Waals surface area contributed by atoms with Crippen molar-refractivity contribution >= 4 is 17.5 Å². The Kier molecular flexibility index (Phi) is 6.41. The molecule has 0 amide bonds. The minimum absolute atomic E-state index is 0.765. The molecule has 0 aliphatic rings. The number of rotatable bonds is 8. The third kappa shape index (κ3) is 4.39. The van der Waals surface area contributed by atoms with Gasteiger partial charge in [0.05, 0.1) is 18.6 Å². The molecule has 0 saturated heterocycles. The van der Waals surface area contributed by atoms with E-state index in [1.165, 1.54) is 12.8 Å². The molecule has 4 heteroatoms. The lowest BCUT2D eigenvalue weighted by Gasteiger charge is -2.14. The Morgan fingerprint density at radius 1 is 1.33 bits per heavy atom. The first-order valence-corrected chi connectivity index (χ1v) is 8.59. The Morgan fingerprint density at radius 3 is 2.90 bits per heavy atom. The van der Waals surface area contributed by atoms with Crippen molar-refractivity contribution in [1.29, 1.82) is 0 Å². The second-order valence-electron chi connectivity index (χ2n) is 4.76. The number of nitrogens with zero attached hydrogens (tertiary/aromatic N) is 2. The molecule has 0 saturated carbocycles. The molecular weight excluding hydrogens is 280 g/mol. The van der Waals surface area contributed by atoms with E-state index in [0.717, 1.165) is 30.0 Å². The van der Waals surface area contributed by atoms with Crippen LogP contribution in [0.2, 0.25) is 0 Å². The molecule has 2 rings (SSSR count). The van der Waals surface area contributed by atoms with Gasteiger partial charge in [0.2, 0.25) is 0 Å². The highest BCUT2D eigenvalue weighted by Crippen LogP contribution is 2.28. The highest BCUT2D eigenvalue weighted by atomic mass is 32.2. The topological polar surface area (TPSA) is 27.1 Å². The minimum atomic E-state index is 0.765. The van der Waals surface area contributed by atoms with Crippen LogP contribution in [-0.2, 0) is 0 Å². The van der Waals surface area contributed by atoms with Gasteiger partial charge in [0.15, 0.2) is 0 Å². The average molecular weight is 302 g/mol. The van der Waals surface area contributed by atoms with Gasteiger partial charge in [-0.1, -0.05) is 31.9 Å². The summed E-state index contributed by atoms with van der Waals surface area (Å²) in [6.45, 7) is 2.97. The van der Waals surface area contributed by atoms with Gasteiger partial charge in [-0.2, -0.15) is 0 Å². The van der Waals surface area contributed by atoms with E-state index in [4.69, 9.17) is 4.74 Å². The van der Waals surface area contributed by atoms with Crippen LogP contribution in [0.5, 0.6) is 5.75 Å². The van der Waals surface area contributed by atoms with Crippen LogP contribution in [0.25, 0.3) is 5.70 Å². The number of unbranched alkanes of at least 4 members (excludes halogenated alkanes) is 2. The third-order valence-corrected chi connectivity index (χ3v) is 3.64. The smallest absolute Gasteiger partial charge is 0.128 e. The number of hydrogen-bond donors (Lipinski definition) is 0. The van der Waals surface area contributed by atoms with Crippen LogP contribution >= 0.6 is 11.8 Å². The van der Waals surface area contributed by atoms with Crippen LogP contribution < -0.4 is 4.74 Å². The molecule has 2 aromatic rings. The van der Waals surface area contributed by atoms with Crippen molar-refractivity contribution in [2.45, 2.75) is 26.2 Å². The van der Waals surface area contributed by atoms with E-state index >= 15 is 0 Å². The molecule has 0 fully saturated rings. The van der Waals surface area contributed by atoms with Gasteiger partial charge in [0, 0.05) is 18.0 Å². The standard InChI is InChI=1S/C17H22N2OS/c1-3-4-7-12-20-17-9-6-5-8-15(17)16(13-21-2)19-11-10-18-14-19/h5-6,8-11,13-14H,3-4,7,12H2,1-2H3/b16-13-. The zero-order valence-electron chi connectivity index (χ0n) is 12.7. The maximum Gasteiger partial charge on any atom is 0.128 e. The maximum atomic E-state index is 5.98. The van der Waals surface area contributed by atoms with Crippen LogP contribution in [-0.4, -0.2) is 22.4 Å². The van der Waals surface area contributed by atoms with Crippen LogP contribution in [0.4, 0.5) is 0 Å². The Labute approximate surface area is 131 Å². The maximum absolute atomic E-state index is 5.98. The van der Waals surface area contributed by atoms with Crippen molar-refractivity contribution in [3.63, 3.8) is 0 Å². The Bertz CT molecular complexity index is 564. The molecule has 0 atom stereocenters. The second-order valence-corrected chi connectivity index (χ2v) is 5.47. The number of benzene rings is 1. The average Bonchev–Trinajstić information content (AvgIpc) is 3.04. The zero-order chi connectivity index (χ0) is 14.9. The largest absolute Gasteiger partial charge is 0.493 e. The number of hydrogen-bond acceptors (Lipinski definition) is 3. The van der Waals surface area contributed by atoms with E-state index in [1.54, 1.807) is 18.0 Å². The Morgan fingerprint density at radius 2 is 2.19 bits per heavy atom. The zero-order valence-corrected chi connectivity index (χ0v) is 13.5. The van der Waals surface area contributed by atoms with Crippen LogP contribution in [0.1, 0.15) is 31.7 Å². The quantitative estimate of drug-likeness (QED) is 0.663.